The second-order valence-corrected chi connectivity index (χ2v) is 4.68. The summed E-state index contributed by atoms with van der Waals surface area (Å²) in [6, 6.07) is 0. The van der Waals surface area contributed by atoms with Crippen molar-refractivity contribution in [1.29, 1.82) is 0 Å². The zero-order valence-corrected chi connectivity index (χ0v) is 10.3. The Bertz CT molecular complexity index is 188. The fraction of sp³-hybridized carbons (Fsp3) is 0.889. The Labute approximate surface area is 92.9 Å². The second kappa shape index (κ2) is 4.59. The molecule has 13 heavy (non-hydrogen) atoms. The smallest absolute Gasteiger partial charge is 0.229 e. The number of alkyl halides is 1. The summed E-state index contributed by atoms with van der Waals surface area (Å²) in [5.74, 6) is 0.255. The number of rotatable bonds is 2. The molecule has 1 aliphatic rings. The van der Waals surface area contributed by atoms with Gasteiger partial charge in [-0.15, -0.1) is 0 Å². The second-order valence-electron chi connectivity index (χ2n) is 3.92. The quantitative estimate of drug-likeness (QED) is 0.568. The normalized spacial score (nSPS) is 18.8. The molecule has 0 saturated carbocycles. The maximum Gasteiger partial charge on any atom is 0.229 e. The maximum atomic E-state index is 11.9. The minimum atomic E-state index is -0.224. The highest BCUT2D eigenvalue weighted by Crippen LogP contribution is 2.22. The van der Waals surface area contributed by atoms with Crippen LogP contribution in [0.1, 0.15) is 13.8 Å². The number of carbonyl (C=O) groups is 1. The van der Waals surface area contributed by atoms with Crippen molar-refractivity contribution in [2.45, 2.75) is 13.8 Å². The van der Waals surface area contributed by atoms with Gasteiger partial charge in [-0.1, -0.05) is 36.4 Å². The Kier molecular flexibility index (Phi) is 3.97. The van der Waals surface area contributed by atoms with Crippen molar-refractivity contribution in [3.63, 3.8) is 0 Å². The standard InChI is InChI=1S/C9H16INO2/c1-9(2,7-10)8(12)11-3-5-13-6-4-11/h3-7H2,1-2H3. The van der Waals surface area contributed by atoms with Gasteiger partial charge in [-0.2, -0.15) is 0 Å². The van der Waals surface area contributed by atoms with Crippen LogP contribution in [0, 0.1) is 5.41 Å². The molecule has 1 rings (SSSR count). The van der Waals surface area contributed by atoms with Crippen LogP contribution in [0.25, 0.3) is 0 Å². The van der Waals surface area contributed by atoms with E-state index >= 15 is 0 Å². The summed E-state index contributed by atoms with van der Waals surface area (Å²) in [5, 5.41) is 0. The Hall–Kier alpha value is 0.160. The third kappa shape index (κ3) is 2.80. The number of amides is 1. The van der Waals surface area contributed by atoms with Crippen molar-refractivity contribution in [1.82, 2.24) is 4.90 Å². The van der Waals surface area contributed by atoms with E-state index in [1.54, 1.807) is 0 Å². The van der Waals surface area contributed by atoms with E-state index in [0.29, 0.717) is 13.2 Å². The lowest BCUT2D eigenvalue weighted by Crippen LogP contribution is -2.47. The highest BCUT2D eigenvalue weighted by atomic mass is 127. The number of hydrogen-bond donors (Lipinski definition) is 0. The number of halogens is 1. The molecule has 1 aliphatic heterocycles. The van der Waals surface area contributed by atoms with Gasteiger partial charge in [0.05, 0.1) is 18.6 Å². The maximum absolute atomic E-state index is 11.9. The Balaban J connectivity index is 2.55. The lowest BCUT2D eigenvalue weighted by atomic mass is 9.94. The molecule has 1 heterocycles. The molecule has 0 aromatic heterocycles. The topological polar surface area (TPSA) is 29.5 Å². The van der Waals surface area contributed by atoms with Crippen LogP contribution in [-0.4, -0.2) is 41.5 Å². The van der Waals surface area contributed by atoms with Crippen molar-refractivity contribution < 1.29 is 9.53 Å². The van der Waals surface area contributed by atoms with Crippen molar-refractivity contribution >= 4 is 28.5 Å². The molecule has 0 aromatic rings. The van der Waals surface area contributed by atoms with Crippen LogP contribution in [0.15, 0.2) is 0 Å². The monoisotopic (exact) mass is 297 g/mol. The fourth-order valence-corrected chi connectivity index (χ4v) is 1.58. The summed E-state index contributed by atoms with van der Waals surface area (Å²) < 4.78 is 6.06. The molecule has 0 unspecified atom stereocenters. The van der Waals surface area contributed by atoms with Crippen molar-refractivity contribution in [2.75, 3.05) is 30.7 Å². The number of morpholine rings is 1. The van der Waals surface area contributed by atoms with E-state index in [-0.39, 0.29) is 11.3 Å². The average Bonchev–Trinajstić information content (AvgIpc) is 2.18. The number of nitrogens with zero attached hydrogens (tertiary/aromatic N) is 1. The molecule has 4 heteroatoms. The van der Waals surface area contributed by atoms with Crippen LogP contribution in [-0.2, 0) is 9.53 Å². The number of carbonyl (C=O) groups excluding carboxylic acids is 1. The van der Waals surface area contributed by atoms with E-state index in [4.69, 9.17) is 4.74 Å². The first kappa shape index (κ1) is 11.2. The van der Waals surface area contributed by atoms with Crippen molar-refractivity contribution in [3.8, 4) is 0 Å². The molecule has 0 bridgehead atoms. The van der Waals surface area contributed by atoms with E-state index in [0.717, 1.165) is 17.5 Å². The molecule has 1 fully saturated rings. The third-order valence-corrected chi connectivity index (χ3v) is 4.12. The average molecular weight is 297 g/mol. The predicted molar refractivity (Wildman–Crippen MR) is 60.1 cm³/mol. The van der Waals surface area contributed by atoms with Gasteiger partial charge < -0.3 is 9.64 Å². The van der Waals surface area contributed by atoms with Gasteiger partial charge in [0.1, 0.15) is 0 Å². The van der Waals surface area contributed by atoms with Gasteiger partial charge in [0.2, 0.25) is 5.91 Å². The van der Waals surface area contributed by atoms with Gasteiger partial charge in [-0.3, -0.25) is 4.79 Å². The third-order valence-electron chi connectivity index (χ3n) is 2.21. The molecular weight excluding hydrogens is 281 g/mol. The van der Waals surface area contributed by atoms with Gasteiger partial charge in [0.15, 0.2) is 0 Å². The zero-order chi connectivity index (χ0) is 9.90. The molecule has 1 saturated heterocycles. The van der Waals surface area contributed by atoms with Crippen LogP contribution in [0.3, 0.4) is 0 Å². The summed E-state index contributed by atoms with van der Waals surface area (Å²) in [4.78, 5) is 13.8. The molecule has 76 valence electrons. The van der Waals surface area contributed by atoms with E-state index in [1.165, 1.54) is 0 Å². The molecule has 0 radical (unpaired) electrons. The highest BCUT2D eigenvalue weighted by Gasteiger charge is 2.31. The van der Waals surface area contributed by atoms with Crippen LogP contribution < -0.4 is 0 Å². The van der Waals surface area contributed by atoms with Crippen LogP contribution >= 0.6 is 22.6 Å². The predicted octanol–water partition coefficient (Wildman–Crippen LogP) is 1.31. The molecule has 3 nitrogen and oxygen atoms in total. The van der Waals surface area contributed by atoms with Gasteiger partial charge in [0, 0.05) is 17.5 Å². The Morgan fingerprint density at radius 3 is 2.46 bits per heavy atom. The van der Waals surface area contributed by atoms with Gasteiger partial charge in [-0.25, -0.2) is 0 Å². The number of hydrogen-bond acceptors (Lipinski definition) is 2. The molecular formula is C9H16INO2. The van der Waals surface area contributed by atoms with Crippen LogP contribution in [0.2, 0.25) is 0 Å². The first-order valence-electron chi connectivity index (χ1n) is 4.51. The lowest BCUT2D eigenvalue weighted by Gasteiger charge is -2.33. The van der Waals surface area contributed by atoms with E-state index in [2.05, 4.69) is 22.6 Å². The molecule has 0 aromatic carbocycles. The van der Waals surface area contributed by atoms with Crippen molar-refractivity contribution in [3.05, 3.63) is 0 Å². The molecule has 0 N–H and O–H groups in total. The Morgan fingerprint density at radius 2 is 2.00 bits per heavy atom. The first-order valence-corrected chi connectivity index (χ1v) is 6.03. The molecule has 0 atom stereocenters. The highest BCUT2D eigenvalue weighted by molar-refractivity contribution is 14.1. The lowest BCUT2D eigenvalue weighted by molar-refractivity contribution is -0.143. The molecule has 1 amide bonds. The van der Waals surface area contributed by atoms with E-state index in [9.17, 15) is 4.79 Å². The minimum Gasteiger partial charge on any atom is -0.378 e. The van der Waals surface area contributed by atoms with Gasteiger partial charge in [-0.05, 0) is 0 Å². The van der Waals surface area contributed by atoms with Gasteiger partial charge in [0.25, 0.3) is 0 Å². The minimum absolute atomic E-state index is 0.224. The van der Waals surface area contributed by atoms with E-state index < -0.39 is 0 Å². The largest absolute Gasteiger partial charge is 0.378 e. The summed E-state index contributed by atoms with van der Waals surface area (Å²) in [6.07, 6.45) is 0. The Morgan fingerprint density at radius 1 is 1.46 bits per heavy atom. The first-order chi connectivity index (χ1) is 6.08. The summed E-state index contributed by atoms with van der Waals surface area (Å²) >= 11 is 2.26. The molecule has 0 aliphatic carbocycles. The number of ether oxygens (including phenoxy) is 1. The summed E-state index contributed by atoms with van der Waals surface area (Å²) in [5.41, 5.74) is -0.224. The zero-order valence-electron chi connectivity index (χ0n) is 8.18. The fourth-order valence-electron chi connectivity index (χ4n) is 1.25. The SMILES string of the molecule is CC(C)(CI)C(=O)N1CCOCC1. The van der Waals surface area contributed by atoms with Crippen molar-refractivity contribution in [2.24, 2.45) is 5.41 Å². The summed E-state index contributed by atoms with van der Waals surface area (Å²) in [6.45, 7) is 6.86. The van der Waals surface area contributed by atoms with Crippen LogP contribution in [0.4, 0.5) is 0 Å². The summed E-state index contributed by atoms with van der Waals surface area (Å²) in [7, 11) is 0. The molecule has 0 spiro atoms. The van der Waals surface area contributed by atoms with E-state index in [1.807, 2.05) is 18.7 Å². The van der Waals surface area contributed by atoms with Crippen LogP contribution in [0.5, 0.6) is 0 Å². The van der Waals surface area contributed by atoms with Gasteiger partial charge >= 0.3 is 0 Å².